The minimum atomic E-state index is 0.137. The molecule has 0 saturated carbocycles. The van der Waals surface area contributed by atoms with Crippen LogP contribution in [-0.4, -0.2) is 13.1 Å². The lowest BCUT2D eigenvalue weighted by Gasteiger charge is -2.32. The molecule has 0 aliphatic heterocycles. The first-order valence-electron chi connectivity index (χ1n) is 7.25. The summed E-state index contributed by atoms with van der Waals surface area (Å²) in [5.74, 6) is 0.990. The third kappa shape index (κ3) is 2.56. The van der Waals surface area contributed by atoms with Crippen LogP contribution in [0.1, 0.15) is 29.2 Å². The zero-order valence-electron chi connectivity index (χ0n) is 12.1. The van der Waals surface area contributed by atoms with Crippen LogP contribution in [0, 0.1) is 6.92 Å². The van der Waals surface area contributed by atoms with E-state index in [2.05, 4.69) is 48.6 Å². The third-order valence-electron chi connectivity index (χ3n) is 4.14. The molecule has 0 spiro atoms. The Morgan fingerprint density at radius 1 is 1.05 bits per heavy atom. The van der Waals surface area contributed by atoms with Gasteiger partial charge in [-0.2, -0.15) is 0 Å². The van der Waals surface area contributed by atoms with Crippen molar-refractivity contribution in [3.8, 4) is 5.75 Å². The maximum absolute atomic E-state index is 6.30. The highest BCUT2D eigenvalue weighted by atomic mass is 16.5. The standard InChI is InChI=1S/C18H21NO/c1-13-7-3-6-10-17(13)20-18-12-15(19-2)11-14-8-4-5-9-16(14)18/h3-10,15,18-19H,11-12H2,1-2H3. The zero-order valence-corrected chi connectivity index (χ0v) is 12.1. The van der Waals surface area contributed by atoms with Crippen molar-refractivity contribution in [2.45, 2.75) is 31.9 Å². The molecule has 2 aromatic rings. The van der Waals surface area contributed by atoms with Crippen LogP contribution in [0.2, 0.25) is 0 Å². The highest BCUT2D eigenvalue weighted by Crippen LogP contribution is 2.34. The van der Waals surface area contributed by atoms with Crippen molar-refractivity contribution in [3.63, 3.8) is 0 Å². The third-order valence-corrected chi connectivity index (χ3v) is 4.14. The molecule has 2 heteroatoms. The van der Waals surface area contributed by atoms with Gasteiger partial charge < -0.3 is 10.1 Å². The Balaban J connectivity index is 1.91. The lowest BCUT2D eigenvalue weighted by molar-refractivity contribution is 0.167. The van der Waals surface area contributed by atoms with Crippen LogP contribution in [0.25, 0.3) is 0 Å². The Morgan fingerprint density at radius 3 is 2.60 bits per heavy atom. The van der Waals surface area contributed by atoms with E-state index < -0.39 is 0 Å². The molecule has 2 aromatic carbocycles. The van der Waals surface area contributed by atoms with Gasteiger partial charge in [0.15, 0.2) is 0 Å². The van der Waals surface area contributed by atoms with E-state index in [1.807, 2.05) is 19.2 Å². The molecule has 0 amide bonds. The fourth-order valence-electron chi connectivity index (χ4n) is 2.94. The summed E-state index contributed by atoms with van der Waals surface area (Å²) in [4.78, 5) is 0. The molecule has 104 valence electrons. The van der Waals surface area contributed by atoms with Gasteiger partial charge in [-0.15, -0.1) is 0 Å². The molecule has 0 radical (unpaired) electrons. The van der Waals surface area contributed by atoms with Gasteiger partial charge in [0.05, 0.1) is 0 Å². The normalized spacial score (nSPS) is 21.3. The van der Waals surface area contributed by atoms with Crippen LogP contribution in [0.4, 0.5) is 0 Å². The molecule has 0 heterocycles. The first-order valence-corrected chi connectivity index (χ1v) is 7.25. The smallest absolute Gasteiger partial charge is 0.125 e. The molecule has 20 heavy (non-hydrogen) atoms. The Kier molecular flexibility index (Phi) is 3.75. The van der Waals surface area contributed by atoms with E-state index in [4.69, 9.17) is 4.74 Å². The van der Waals surface area contributed by atoms with Crippen molar-refractivity contribution in [3.05, 3.63) is 65.2 Å². The number of aryl methyl sites for hydroxylation is 1. The summed E-state index contributed by atoms with van der Waals surface area (Å²) < 4.78 is 6.30. The van der Waals surface area contributed by atoms with Gasteiger partial charge in [-0.25, -0.2) is 0 Å². The van der Waals surface area contributed by atoms with E-state index in [1.165, 1.54) is 16.7 Å². The zero-order chi connectivity index (χ0) is 13.9. The Hall–Kier alpha value is -1.80. The first-order chi connectivity index (χ1) is 9.78. The van der Waals surface area contributed by atoms with Gasteiger partial charge in [0.1, 0.15) is 11.9 Å². The molecule has 0 aromatic heterocycles. The Morgan fingerprint density at radius 2 is 1.80 bits per heavy atom. The molecule has 0 saturated heterocycles. The van der Waals surface area contributed by atoms with Gasteiger partial charge in [-0.1, -0.05) is 42.5 Å². The maximum Gasteiger partial charge on any atom is 0.125 e. The maximum atomic E-state index is 6.30. The second kappa shape index (κ2) is 5.68. The van der Waals surface area contributed by atoms with E-state index >= 15 is 0 Å². The molecule has 2 atom stereocenters. The molecule has 3 rings (SSSR count). The van der Waals surface area contributed by atoms with Crippen molar-refractivity contribution in [1.82, 2.24) is 5.32 Å². The van der Waals surface area contributed by atoms with Crippen LogP contribution in [0.5, 0.6) is 5.75 Å². The largest absolute Gasteiger partial charge is 0.485 e. The second-order valence-corrected chi connectivity index (χ2v) is 5.50. The SMILES string of the molecule is CNC1Cc2ccccc2C(Oc2ccccc2C)C1. The molecule has 0 fully saturated rings. The summed E-state index contributed by atoms with van der Waals surface area (Å²) >= 11 is 0. The van der Waals surface area contributed by atoms with E-state index in [0.29, 0.717) is 6.04 Å². The van der Waals surface area contributed by atoms with E-state index in [0.717, 1.165) is 18.6 Å². The summed E-state index contributed by atoms with van der Waals surface area (Å²) in [6, 6.07) is 17.4. The van der Waals surface area contributed by atoms with Crippen molar-refractivity contribution < 1.29 is 4.74 Å². The molecule has 1 aliphatic rings. The van der Waals surface area contributed by atoms with E-state index in [1.54, 1.807) is 0 Å². The summed E-state index contributed by atoms with van der Waals surface area (Å²) in [5.41, 5.74) is 3.93. The van der Waals surface area contributed by atoms with Gasteiger partial charge in [0, 0.05) is 12.5 Å². The van der Waals surface area contributed by atoms with Crippen molar-refractivity contribution in [2.24, 2.45) is 0 Å². The predicted octanol–water partition coefficient (Wildman–Crippen LogP) is 3.65. The van der Waals surface area contributed by atoms with E-state index in [-0.39, 0.29) is 6.10 Å². The number of hydrogen-bond acceptors (Lipinski definition) is 2. The first kappa shape index (κ1) is 13.2. The van der Waals surface area contributed by atoms with Gasteiger partial charge >= 0.3 is 0 Å². The van der Waals surface area contributed by atoms with Gasteiger partial charge in [0.2, 0.25) is 0 Å². The summed E-state index contributed by atoms with van der Waals surface area (Å²) in [5, 5.41) is 3.40. The lowest BCUT2D eigenvalue weighted by atomic mass is 9.86. The molecule has 2 unspecified atom stereocenters. The van der Waals surface area contributed by atoms with Crippen LogP contribution in [0.3, 0.4) is 0 Å². The number of likely N-dealkylation sites (N-methyl/N-ethyl adjacent to an activating group) is 1. The average Bonchev–Trinajstić information content (AvgIpc) is 2.49. The average molecular weight is 267 g/mol. The second-order valence-electron chi connectivity index (χ2n) is 5.50. The van der Waals surface area contributed by atoms with Crippen molar-refractivity contribution in [1.29, 1.82) is 0 Å². The quantitative estimate of drug-likeness (QED) is 0.916. The fourth-order valence-corrected chi connectivity index (χ4v) is 2.94. The number of nitrogens with one attached hydrogen (secondary N) is 1. The summed E-state index contributed by atoms with van der Waals surface area (Å²) in [6.07, 6.45) is 2.24. The number of rotatable bonds is 3. The minimum absolute atomic E-state index is 0.137. The van der Waals surface area contributed by atoms with Gasteiger partial charge in [-0.3, -0.25) is 0 Å². The molecule has 1 N–H and O–H groups in total. The minimum Gasteiger partial charge on any atom is -0.485 e. The van der Waals surface area contributed by atoms with Crippen molar-refractivity contribution in [2.75, 3.05) is 7.05 Å². The lowest BCUT2D eigenvalue weighted by Crippen LogP contribution is -2.35. The van der Waals surface area contributed by atoms with Crippen molar-refractivity contribution >= 4 is 0 Å². The van der Waals surface area contributed by atoms with E-state index in [9.17, 15) is 0 Å². The van der Waals surface area contributed by atoms with Crippen LogP contribution < -0.4 is 10.1 Å². The monoisotopic (exact) mass is 267 g/mol. The Labute approximate surface area is 120 Å². The topological polar surface area (TPSA) is 21.3 Å². The number of para-hydroxylation sites is 1. The number of hydrogen-bond donors (Lipinski definition) is 1. The molecule has 1 aliphatic carbocycles. The Bertz CT molecular complexity index is 593. The number of fused-ring (bicyclic) bond motifs is 1. The van der Waals surface area contributed by atoms with Crippen LogP contribution in [0.15, 0.2) is 48.5 Å². The predicted molar refractivity (Wildman–Crippen MR) is 82.2 cm³/mol. The highest BCUT2D eigenvalue weighted by Gasteiger charge is 2.27. The number of ether oxygens (including phenoxy) is 1. The van der Waals surface area contributed by atoms with Crippen LogP contribution >= 0.6 is 0 Å². The fraction of sp³-hybridized carbons (Fsp3) is 0.333. The molecular formula is C18H21NO. The summed E-state index contributed by atoms with van der Waals surface area (Å²) in [7, 11) is 2.03. The van der Waals surface area contributed by atoms with Crippen LogP contribution in [-0.2, 0) is 6.42 Å². The number of benzene rings is 2. The van der Waals surface area contributed by atoms with Gasteiger partial charge in [-0.05, 0) is 43.1 Å². The molecule has 0 bridgehead atoms. The highest BCUT2D eigenvalue weighted by molar-refractivity contribution is 5.36. The molecule has 2 nitrogen and oxygen atoms in total. The molecular weight excluding hydrogens is 246 g/mol. The van der Waals surface area contributed by atoms with Gasteiger partial charge in [0.25, 0.3) is 0 Å². The summed E-state index contributed by atoms with van der Waals surface area (Å²) in [6.45, 7) is 2.10.